The Balaban J connectivity index is -0.000000405. The first-order valence-corrected chi connectivity index (χ1v) is 3.48. The Morgan fingerprint density at radius 1 is 1.58 bits per heavy atom. The monoisotopic (exact) mass is 192 g/mol. The molecular formula is C8H18BClO2. The number of esters is 1. The molecule has 0 amide bonds. The van der Waals surface area contributed by atoms with E-state index in [1.165, 1.54) is 0 Å². The first kappa shape index (κ1) is 17.8. The largest absolute Gasteiger partial charge is 0.475 e. The lowest BCUT2D eigenvalue weighted by molar-refractivity contribution is -0.144. The van der Waals surface area contributed by atoms with Crippen LogP contribution in [-0.4, -0.2) is 25.2 Å². The van der Waals surface area contributed by atoms with Crippen LogP contribution in [0.3, 0.4) is 0 Å². The topological polar surface area (TPSA) is 26.3 Å². The summed E-state index contributed by atoms with van der Waals surface area (Å²) < 4.78 is 4.50. The third-order valence-corrected chi connectivity index (χ3v) is 1.73. The summed E-state index contributed by atoms with van der Waals surface area (Å²) in [5.41, 5.74) is 0. The van der Waals surface area contributed by atoms with Crippen LogP contribution in [0.5, 0.6) is 0 Å². The highest BCUT2D eigenvalue weighted by Gasteiger charge is 2.29. The highest BCUT2D eigenvalue weighted by atomic mass is 35.5. The molecule has 0 aromatic carbocycles. The smallest absolute Gasteiger partial charge is 0.326 e. The molecule has 1 atom stereocenters. The van der Waals surface area contributed by atoms with E-state index in [9.17, 15) is 4.79 Å². The van der Waals surface area contributed by atoms with Gasteiger partial charge in [-0.3, -0.25) is 4.79 Å². The van der Waals surface area contributed by atoms with Gasteiger partial charge < -0.3 is 4.74 Å². The van der Waals surface area contributed by atoms with E-state index >= 15 is 0 Å². The van der Waals surface area contributed by atoms with Crippen LogP contribution < -0.4 is 0 Å². The van der Waals surface area contributed by atoms with Crippen molar-refractivity contribution in [2.24, 2.45) is 0 Å². The van der Waals surface area contributed by atoms with Gasteiger partial charge in [-0.1, -0.05) is 21.8 Å². The predicted molar refractivity (Wildman–Crippen MR) is 54.7 cm³/mol. The summed E-state index contributed by atoms with van der Waals surface area (Å²) in [5.74, 6) is -0.459. The van der Waals surface area contributed by atoms with Gasteiger partial charge in [0.05, 0.1) is 0 Å². The second-order valence-corrected chi connectivity index (χ2v) is 2.98. The molecule has 0 saturated carbocycles. The molecule has 0 saturated heterocycles. The van der Waals surface area contributed by atoms with Crippen molar-refractivity contribution in [3.63, 3.8) is 0 Å². The summed E-state index contributed by atoms with van der Waals surface area (Å²) >= 11 is 5.72. The molecule has 0 aromatic heterocycles. The zero-order valence-electron chi connectivity index (χ0n) is 6.19. The summed E-state index contributed by atoms with van der Waals surface area (Å²) in [5, 5.41) is 0. The molecule has 0 heterocycles. The summed E-state index contributed by atoms with van der Waals surface area (Å²) in [6.45, 7) is 3.30. The summed E-state index contributed by atoms with van der Waals surface area (Å²) in [6.07, 6.45) is 0.535. The van der Waals surface area contributed by atoms with Gasteiger partial charge in [0, 0.05) is 6.51 Å². The summed E-state index contributed by atoms with van der Waals surface area (Å²) in [4.78, 5) is 9.94. The standard InChI is InChI=1S/C6H10BClO2.2CH4/c1-3-6(2,8)5(9)10-4-7;;/h3-4H2,1-2H3;2*1H4. The van der Waals surface area contributed by atoms with Gasteiger partial charge >= 0.3 is 5.97 Å². The molecule has 12 heavy (non-hydrogen) atoms. The van der Waals surface area contributed by atoms with Gasteiger partial charge in [-0.2, -0.15) is 0 Å². The van der Waals surface area contributed by atoms with Crippen LogP contribution in [0.1, 0.15) is 35.1 Å². The van der Waals surface area contributed by atoms with E-state index in [0.717, 1.165) is 0 Å². The number of hydrogen-bond donors (Lipinski definition) is 0. The maximum Gasteiger partial charge on any atom is 0.326 e. The molecule has 1 unspecified atom stereocenters. The van der Waals surface area contributed by atoms with Gasteiger partial charge in [0.15, 0.2) is 0 Å². The lowest BCUT2D eigenvalue weighted by atomic mass is 10.1. The van der Waals surface area contributed by atoms with Crippen LogP contribution in [0, 0.1) is 0 Å². The van der Waals surface area contributed by atoms with Crippen molar-refractivity contribution in [2.45, 2.75) is 40.0 Å². The highest BCUT2D eigenvalue weighted by Crippen LogP contribution is 2.19. The van der Waals surface area contributed by atoms with Crippen molar-refractivity contribution >= 4 is 25.4 Å². The number of alkyl halides is 1. The average molecular weight is 192 g/mol. The molecule has 0 N–H and O–H groups in total. The minimum atomic E-state index is -0.917. The van der Waals surface area contributed by atoms with Gasteiger partial charge in [-0.15, -0.1) is 11.6 Å². The van der Waals surface area contributed by atoms with Crippen LogP contribution >= 0.6 is 11.6 Å². The van der Waals surface area contributed by atoms with Gasteiger partial charge in [-0.05, 0) is 13.3 Å². The maximum absolute atomic E-state index is 10.9. The van der Waals surface area contributed by atoms with Crippen molar-refractivity contribution in [3.05, 3.63) is 0 Å². The van der Waals surface area contributed by atoms with Gasteiger partial charge in [0.2, 0.25) is 0 Å². The number of rotatable bonds is 3. The molecular weight excluding hydrogens is 174 g/mol. The van der Waals surface area contributed by atoms with Crippen LogP contribution in [0.2, 0.25) is 0 Å². The third-order valence-electron chi connectivity index (χ3n) is 1.30. The Kier molecular flexibility index (Phi) is 11.1. The Morgan fingerprint density at radius 2 is 2.00 bits per heavy atom. The Bertz CT molecular complexity index is 126. The van der Waals surface area contributed by atoms with Crippen molar-refractivity contribution in [2.75, 3.05) is 6.51 Å². The normalized spacial score (nSPS) is 13.2. The molecule has 2 radical (unpaired) electrons. The molecule has 0 bridgehead atoms. The molecule has 0 aliphatic rings. The van der Waals surface area contributed by atoms with E-state index in [4.69, 9.17) is 19.4 Å². The van der Waals surface area contributed by atoms with Crippen molar-refractivity contribution in [3.8, 4) is 0 Å². The SMILES string of the molecule is C.C.[B]COC(=O)C(C)(Cl)CC. The van der Waals surface area contributed by atoms with Crippen LogP contribution in [0.25, 0.3) is 0 Å². The van der Waals surface area contributed by atoms with E-state index in [1.807, 2.05) is 6.92 Å². The van der Waals surface area contributed by atoms with Crippen molar-refractivity contribution < 1.29 is 9.53 Å². The molecule has 0 aliphatic carbocycles. The second kappa shape index (κ2) is 7.47. The average Bonchev–Trinajstić information content (AvgIpc) is 1.89. The van der Waals surface area contributed by atoms with Crippen molar-refractivity contribution in [1.29, 1.82) is 0 Å². The summed E-state index contributed by atoms with van der Waals surface area (Å²) in [7, 11) is 4.98. The second-order valence-electron chi connectivity index (χ2n) is 2.15. The van der Waals surface area contributed by atoms with Crippen LogP contribution in [-0.2, 0) is 9.53 Å². The van der Waals surface area contributed by atoms with E-state index in [-0.39, 0.29) is 21.4 Å². The fourth-order valence-electron chi connectivity index (χ4n) is 0.371. The fraction of sp³-hybridized carbons (Fsp3) is 0.875. The van der Waals surface area contributed by atoms with Gasteiger partial charge in [0.1, 0.15) is 12.7 Å². The van der Waals surface area contributed by atoms with E-state index in [1.54, 1.807) is 6.92 Å². The molecule has 0 spiro atoms. The number of ether oxygens (including phenoxy) is 1. The molecule has 0 rings (SSSR count). The zero-order valence-corrected chi connectivity index (χ0v) is 6.94. The van der Waals surface area contributed by atoms with Gasteiger partial charge in [-0.25, -0.2) is 0 Å². The predicted octanol–water partition coefficient (Wildman–Crippen LogP) is 2.34. The molecule has 0 aromatic rings. The zero-order chi connectivity index (χ0) is 8.20. The van der Waals surface area contributed by atoms with Crippen molar-refractivity contribution in [1.82, 2.24) is 0 Å². The lowest BCUT2D eigenvalue weighted by Gasteiger charge is -2.16. The fourth-order valence-corrected chi connectivity index (χ4v) is 0.425. The molecule has 4 heteroatoms. The van der Waals surface area contributed by atoms with Crippen LogP contribution in [0.4, 0.5) is 0 Å². The molecule has 0 fully saturated rings. The number of hydrogen-bond acceptors (Lipinski definition) is 2. The first-order chi connectivity index (χ1) is 4.54. The molecule has 72 valence electrons. The van der Waals surface area contributed by atoms with Crippen LogP contribution in [0.15, 0.2) is 0 Å². The lowest BCUT2D eigenvalue weighted by Crippen LogP contribution is -2.30. The third kappa shape index (κ3) is 5.47. The van der Waals surface area contributed by atoms with E-state index in [0.29, 0.717) is 6.42 Å². The van der Waals surface area contributed by atoms with Gasteiger partial charge in [0.25, 0.3) is 0 Å². The quantitative estimate of drug-likeness (QED) is 0.390. The Morgan fingerprint density at radius 3 is 2.25 bits per heavy atom. The molecule has 0 aliphatic heterocycles. The minimum Gasteiger partial charge on any atom is -0.475 e. The first-order valence-electron chi connectivity index (χ1n) is 3.10. The number of carbonyl (C=O) groups is 1. The Labute approximate surface area is 82.0 Å². The molecule has 2 nitrogen and oxygen atoms in total. The maximum atomic E-state index is 10.9. The van der Waals surface area contributed by atoms with E-state index < -0.39 is 10.8 Å². The summed E-state index contributed by atoms with van der Waals surface area (Å²) in [6, 6.07) is 0. The highest BCUT2D eigenvalue weighted by molar-refractivity contribution is 6.33. The Hall–Kier alpha value is -0.175. The van der Waals surface area contributed by atoms with E-state index in [2.05, 4.69) is 4.74 Å². The minimum absolute atomic E-state index is 0. The number of halogens is 1. The number of carbonyl (C=O) groups excluding carboxylic acids is 1.